The smallest absolute Gasteiger partial charge is 0.339 e. The van der Waals surface area contributed by atoms with E-state index in [9.17, 15) is 14.0 Å². The molecule has 3 aromatic rings. The monoisotopic (exact) mass is 406 g/mol. The van der Waals surface area contributed by atoms with Crippen LogP contribution in [0.2, 0.25) is 0 Å². The topological polar surface area (TPSA) is 68.3 Å². The van der Waals surface area contributed by atoms with Gasteiger partial charge in [0, 0.05) is 11.1 Å². The van der Waals surface area contributed by atoms with Crippen LogP contribution in [-0.2, 0) is 22.4 Å². The molecule has 30 heavy (non-hydrogen) atoms. The number of halogens is 1. The van der Waals surface area contributed by atoms with Crippen molar-refractivity contribution in [2.75, 3.05) is 0 Å². The zero-order valence-corrected chi connectivity index (χ0v) is 16.9. The van der Waals surface area contributed by atoms with Crippen molar-refractivity contribution in [3.8, 4) is 0 Å². The molecule has 0 bridgehead atoms. The quantitative estimate of drug-likeness (QED) is 0.642. The Balaban J connectivity index is 1.51. The summed E-state index contributed by atoms with van der Waals surface area (Å²) >= 11 is 0. The van der Waals surface area contributed by atoms with Crippen LogP contribution in [0.3, 0.4) is 0 Å². The number of benzene rings is 2. The predicted molar refractivity (Wildman–Crippen MR) is 112 cm³/mol. The number of pyridine rings is 1. The Kier molecular flexibility index (Phi) is 5.48. The second kappa shape index (κ2) is 8.22. The van der Waals surface area contributed by atoms with Crippen molar-refractivity contribution >= 4 is 22.8 Å². The van der Waals surface area contributed by atoms with Gasteiger partial charge in [0.25, 0.3) is 5.91 Å². The van der Waals surface area contributed by atoms with Crippen molar-refractivity contribution in [3.05, 3.63) is 76.7 Å². The predicted octanol–water partition coefficient (Wildman–Crippen LogP) is 4.29. The van der Waals surface area contributed by atoms with Crippen LogP contribution < -0.4 is 5.32 Å². The molecule has 1 heterocycles. The van der Waals surface area contributed by atoms with E-state index in [-0.39, 0.29) is 11.9 Å². The molecule has 1 aromatic heterocycles. The van der Waals surface area contributed by atoms with Crippen molar-refractivity contribution in [3.63, 3.8) is 0 Å². The number of aromatic nitrogens is 1. The van der Waals surface area contributed by atoms with Crippen molar-refractivity contribution in [1.29, 1.82) is 0 Å². The van der Waals surface area contributed by atoms with Crippen LogP contribution in [-0.4, -0.2) is 23.0 Å². The van der Waals surface area contributed by atoms with E-state index in [0.717, 1.165) is 47.0 Å². The molecule has 4 rings (SSSR count). The molecule has 2 atom stereocenters. The first-order valence-electron chi connectivity index (χ1n) is 10.1. The molecule has 0 saturated carbocycles. The molecule has 0 unspecified atom stereocenters. The van der Waals surface area contributed by atoms with Gasteiger partial charge in [-0.2, -0.15) is 0 Å². The van der Waals surface area contributed by atoms with Gasteiger partial charge in [-0.15, -0.1) is 0 Å². The number of amides is 1. The first kappa shape index (κ1) is 20.0. The van der Waals surface area contributed by atoms with Gasteiger partial charge in [-0.25, -0.2) is 9.18 Å². The molecule has 1 aliphatic carbocycles. The normalized spacial score (nSPS) is 14.8. The van der Waals surface area contributed by atoms with E-state index in [1.807, 2.05) is 24.3 Å². The molecule has 2 aromatic carbocycles. The van der Waals surface area contributed by atoms with Gasteiger partial charge in [0.15, 0.2) is 6.10 Å². The van der Waals surface area contributed by atoms with Crippen molar-refractivity contribution in [2.24, 2.45) is 0 Å². The molecule has 5 nitrogen and oxygen atoms in total. The minimum absolute atomic E-state index is 0.336. The van der Waals surface area contributed by atoms with Crippen LogP contribution in [0.25, 0.3) is 10.9 Å². The van der Waals surface area contributed by atoms with Gasteiger partial charge >= 0.3 is 5.97 Å². The van der Waals surface area contributed by atoms with Crippen LogP contribution in [0.5, 0.6) is 0 Å². The Bertz CT molecular complexity index is 1110. The van der Waals surface area contributed by atoms with E-state index < -0.39 is 18.0 Å². The minimum Gasteiger partial charge on any atom is -0.449 e. The van der Waals surface area contributed by atoms with Gasteiger partial charge in [-0.3, -0.25) is 9.78 Å². The average Bonchev–Trinajstić information content (AvgIpc) is 3.20. The molecule has 0 aliphatic heterocycles. The molecular formula is C24H23FN2O3. The van der Waals surface area contributed by atoms with Crippen LogP contribution in [0.15, 0.2) is 48.5 Å². The van der Waals surface area contributed by atoms with Gasteiger partial charge in [-0.05, 0) is 62.4 Å². The molecule has 154 valence electrons. The summed E-state index contributed by atoms with van der Waals surface area (Å²) in [5.74, 6) is -1.25. The molecule has 1 aliphatic rings. The summed E-state index contributed by atoms with van der Waals surface area (Å²) in [5.41, 5.74) is 3.89. The second-order valence-electron chi connectivity index (χ2n) is 7.61. The first-order chi connectivity index (χ1) is 14.4. The van der Waals surface area contributed by atoms with Crippen LogP contribution in [0.1, 0.15) is 53.5 Å². The molecule has 0 fully saturated rings. The highest BCUT2D eigenvalue weighted by Gasteiger charge is 2.27. The number of carbonyl (C=O) groups is 2. The summed E-state index contributed by atoms with van der Waals surface area (Å²) < 4.78 is 18.7. The van der Waals surface area contributed by atoms with Gasteiger partial charge < -0.3 is 10.1 Å². The maximum absolute atomic E-state index is 13.1. The molecule has 0 spiro atoms. The average molecular weight is 406 g/mol. The van der Waals surface area contributed by atoms with Crippen LogP contribution in [0, 0.1) is 5.82 Å². The van der Waals surface area contributed by atoms with E-state index >= 15 is 0 Å². The fourth-order valence-electron chi connectivity index (χ4n) is 3.88. The van der Waals surface area contributed by atoms with Crippen LogP contribution in [0.4, 0.5) is 4.39 Å². The number of hydrogen-bond donors (Lipinski definition) is 1. The Morgan fingerprint density at radius 1 is 1.07 bits per heavy atom. The number of fused-ring (bicyclic) bond motifs is 2. The third-order valence-corrected chi connectivity index (χ3v) is 5.51. The molecule has 0 saturated heterocycles. The summed E-state index contributed by atoms with van der Waals surface area (Å²) in [6.45, 7) is 3.34. The summed E-state index contributed by atoms with van der Waals surface area (Å²) in [5, 5.41) is 3.56. The van der Waals surface area contributed by atoms with E-state index in [2.05, 4.69) is 10.3 Å². The number of nitrogens with zero attached hydrogens (tertiary/aromatic N) is 1. The van der Waals surface area contributed by atoms with E-state index in [4.69, 9.17) is 4.74 Å². The number of para-hydroxylation sites is 1. The summed E-state index contributed by atoms with van der Waals surface area (Å²) in [6.07, 6.45) is 1.60. The lowest BCUT2D eigenvalue weighted by Gasteiger charge is -2.19. The fraction of sp³-hybridized carbons (Fsp3) is 0.292. The van der Waals surface area contributed by atoms with E-state index in [0.29, 0.717) is 5.56 Å². The lowest BCUT2D eigenvalue weighted by molar-refractivity contribution is -0.129. The number of rotatable bonds is 5. The van der Waals surface area contributed by atoms with Crippen molar-refractivity contribution in [1.82, 2.24) is 10.3 Å². The second-order valence-corrected chi connectivity index (χ2v) is 7.61. The molecule has 6 heteroatoms. The number of carbonyl (C=O) groups excluding carboxylic acids is 2. The van der Waals surface area contributed by atoms with Crippen molar-refractivity contribution < 1.29 is 18.7 Å². The summed E-state index contributed by atoms with van der Waals surface area (Å²) in [6, 6.07) is 13.1. The first-order valence-corrected chi connectivity index (χ1v) is 10.1. The number of nitrogens with one attached hydrogen (secondary N) is 1. The van der Waals surface area contributed by atoms with E-state index in [1.165, 1.54) is 12.1 Å². The standard InChI is InChI=1S/C24H23FN2O3/c1-14(16-10-12-17(25)13-11-16)26-23(28)15(2)30-24(29)22-18-6-3-4-8-20(18)27-21-9-5-7-19(21)22/h3-4,6,8,10-15H,5,7,9H2,1-2H3,(H,26,28)/t14-,15+/m1/s1. The largest absolute Gasteiger partial charge is 0.449 e. The van der Waals surface area contributed by atoms with Gasteiger partial charge in [0.05, 0.1) is 17.1 Å². The lowest BCUT2D eigenvalue weighted by atomic mass is 10.0. The summed E-state index contributed by atoms with van der Waals surface area (Å²) in [7, 11) is 0. The zero-order chi connectivity index (χ0) is 21.3. The minimum atomic E-state index is -0.968. The third-order valence-electron chi connectivity index (χ3n) is 5.51. The number of esters is 1. The Hall–Kier alpha value is -3.28. The molecule has 0 radical (unpaired) electrons. The fourth-order valence-corrected chi connectivity index (χ4v) is 3.88. The van der Waals surface area contributed by atoms with E-state index in [1.54, 1.807) is 26.0 Å². The highest BCUT2D eigenvalue weighted by Crippen LogP contribution is 2.30. The maximum Gasteiger partial charge on any atom is 0.339 e. The summed E-state index contributed by atoms with van der Waals surface area (Å²) in [4.78, 5) is 30.3. The molecular weight excluding hydrogens is 383 g/mol. The third kappa shape index (κ3) is 3.90. The highest BCUT2D eigenvalue weighted by molar-refractivity contribution is 6.06. The Labute approximate surface area is 174 Å². The molecule has 1 N–H and O–H groups in total. The van der Waals surface area contributed by atoms with Gasteiger partial charge in [0.1, 0.15) is 5.82 Å². The number of aryl methyl sites for hydroxylation is 1. The zero-order valence-electron chi connectivity index (χ0n) is 16.9. The van der Waals surface area contributed by atoms with Gasteiger partial charge in [-0.1, -0.05) is 30.3 Å². The van der Waals surface area contributed by atoms with Gasteiger partial charge in [0.2, 0.25) is 0 Å². The lowest BCUT2D eigenvalue weighted by Crippen LogP contribution is -2.37. The van der Waals surface area contributed by atoms with Crippen molar-refractivity contribution in [2.45, 2.75) is 45.3 Å². The Morgan fingerprint density at radius 2 is 1.80 bits per heavy atom. The Morgan fingerprint density at radius 3 is 2.57 bits per heavy atom. The number of hydrogen-bond acceptors (Lipinski definition) is 4. The van der Waals surface area contributed by atoms with Crippen LogP contribution >= 0.6 is 0 Å². The SMILES string of the molecule is C[C@H](OC(=O)c1c2c(nc3ccccc13)CCC2)C(=O)N[C@H](C)c1ccc(F)cc1. The maximum atomic E-state index is 13.1. The highest BCUT2D eigenvalue weighted by atomic mass is 19.1. The molecule has 1 amide bonds. The number of ether oxygens (including phenoxy) is 1.